The van der Waals surface area contributed by atoms with Crippen LogP contribution in [0.1, 0.15) is 36.7 Å². The molecule has 0 atom stereocenters. The summed E-state index contributed by atoms with van der Waals surface area (Å²) in [4.78, 5) is 24.9. The standard InChI is InChI=1S/C15H23N3O3/c1-5-17(10-15(3,4)9-16)14(19)13-11(2)7-6-8-12(13)18(20)21/h6-8H,5,9-10,16H2,1-4H3. The highest BCUT2D eigenvalue weighted by Gasteiger charge is 2.29. The lowest BCUT2D eigenvalue weighted by Gasteiger charge is -2.31. The van der Waals surface area contributed by atoms with Crippen molar-refractivity contribution in [2.75, 3.05) is 19.6 Å². The smallest absolute Gasteiger partial charge is 0.282 e. The molecule has 0 aliphatic carbocycles. The second-order valence-electron chi connectivity index (χ2n) is 5.91. The number of nitrogens with zero attached hydrogens (tertiary/aromatic N) is 2. The monoisotopic (exact) mass is 293 g/mol. The number of rotatable bonds is 6. The Morgan fingerprint density at radius 1 is 1.43 bits per heavy atom. The van der Waals surface area contributed by atoms with Crippen LogP contribution in [0.3, 0.4) is 0 Å². The zero-order chi connectivity index (χ0) is 16.2. The Bertz CT molecular complexity index is 541. The molecule has 0 fully saturated rings. The number of nitro benzene ring substituents is 1. The lowest BCUT2D eigenvalue weighted by atomic mass is 9.92. The fourth-order valence-electron chi connectivity index (χ4n) is 2.15. The van der Waals surface area contributed by atoms with Crippen molar-refractivity contribution in [3.8, 4) is 0 Å². The van der Waals surface area contributed by atoms with Crippen molar-refractivity contribution in [3.63, 3.8) is 0 Å². The number of benzene rings is 1. The van der Waals surface area contributed by atoms with Crippen LogP contribution in [0.2, 0.25) is 0 Å². The zero-order valence-electron chi connectivity index (χ0n) is 13.0. The summed E-state index contributed by atoms with van der Waals surface area (Å²) in [7, 11) is 0. The number of aryl methyl sites for hydroxylation is 1. The minimum Gasteiger partial charge on any atom is -0.338 e. The fourth-order valence-corrected chi connectivity index (χ4v) is 2.15. The van der Waals surface area contributed by atoms with E-state index in [-0.39, 0.29) is 22.6 Å². The molecule has 116 valence electrons. The lowest BCUT2D eigenvalue weighted by Crippen LogP contribution is -2.42. The highest BCUT2D eigenvalue weighted by Crippen LogP contribution is 2.25. The van der Waals surface area contributed by atoms with Crippen molar-refractivity contribution >= 4 is 11.6 Å². The van der Waals surface area contributed by atoms with Crippen LogP contribution < -0.4 is 5.73 Å². The summed E-state index contributed by atoms with van der Waals surface area (Å²) in [6.07, 6.45) is 0. The molecule has 1 aromatic carbocycles. The maximum Gasteiger partial charge on any atom is 0.282 e. The van der Waals surface area contributed by atoms with Crippen molar-refractivity contribution in [1.29, 1.82) is 0 Å². The Morgan fingerprint density at radius 2 is 2.05 bits per heavy atom. The molecule has 0 heterocycles. The van der Waals surface area contributed by atoms with Gasteiger partial charge in [0.1, 0.15) is 5.56 Å². The van der Waals surface area contributed by atoms with Crippen LogP contribution in [0.15, 0.2) is 18.2 Å². The van der Waals surface area contributed by atoms with Gasteiger partial charge in [0.15, 0.2) is 0 Å². The Morgan fingerprint density at radius 3 is 2.52 bits per heavy atom. The summed E-state index contributed by atoms with van der Waals surface area (Å²) in [5.74, 6) is -0.316. The van der Waals surface area contributed by atoms with Crippen LogP contribution in [0.25, 0.3) is 0 Å². The van der Waals surface area contributed by atoms with Gasteiger partial charge in [-0.25, -0.2) is 0 Å². The van der Waals surface area contributed by atoms with Gasteiger partial charge < -0.3 is 10.6 Å². The van der Waals surface area contributed by atoms with Gasteiger partial charge in [0.2, 0.25) is 0 Å². The molecule has 6 nitrogen and oxygen atoms in total. The highest BCUT2D eigenvalue weighted by atomic mass is 16.6. The Balaban J connectivity index is 3.20. The van der Waals surface area contributed by atoms with Gasteiger partial charge in [-0.2, -0.15) is 0 Å². The van der Waals surface area contributed by atoms with Crippen LogP contribution in [0.4, 0.5) is 5.69 Å². The second kappa shape index (κ2) is 6.67. The minimum atomic E-state index is -0.512. The van der Waals surface area contributed by atoms with Crippen LogP contribution >= 0.6 is 0 Å². The first-order chi connectivity index (χ1) is 9.73. The van der Waals surface area contributed by atoms with Gasteiger partial charge in [0, 0.05) is 19.2 Å². The average molecular weight is 293 g/mol. The summed E-state index contributed by atoms with van der Waals surface area (Å²) >= 11 is 0. The van der Waals surface area contributed by atoms with Gasteiger partial charge in [-0.15, -0.1) is 0 Å². The molecule has 2 N–H and O–H groups in total. The molecule has 0 spiro atoms. The number of hydrogen-bond donors (Lipinski definition) is 1. The lowest BCUT2D eigenvalue weighted by molar-refractivity contribution is -0.385. The highest BCUT2D eigenvalue weighted by molar-refractivity contribution is 5.99. The van der Waals surface area contributed by atoms with Gasteiger partial charge in [0.25, 0.3) is 11.6 Å². The summed E-state index contributed by atoms with van der Waals surface area (Å²) in [6.45, 7) is 8.88. The third-order valence-corrected chi connectivity index (χ3v) is 3.50. The number of nitrogens with two attached hydrogens (primary N) is 1. The molecule has 0 saturated heterocycles. The molecule has 1 aromatic rings. The fraction of sp³-hybridized carbons (Fsp3) is 0.533. The van der Waals surface area contributed by atoms with Gasteiger partial charge in [-0.3, -0.25) is 14.9 Å². The van der Waals surface area contributed by atoms with E-state index in [0.29, 0.717) is 25.2 Å². The summed E-state index contributed by atoms with van der Waals surface area (Å²) in [5, 5.41) is 11.1. The number of nitro groups is 1. The van der Waals surface area contributed by atoms with E-state index < -0.39 is 4.92 Å². The van der Waals surface area contributed by atoms with Crippen molar-refractivity contribution in [2.45, 2.75) is 27.7 Å². The molecule has 1 amide bonds. The maximum atomic E-state index is 12.7. The number of hydrogen-bond acceptors (Lipinski definition) is 4. The minimum absolute atomic E-state index is 0.149. The largest absolute Gasteiger partial charge is 0.338 e. The summed E-state index contributed by atoms with van der Waals surface area (Å²) in [6, 6.07) is 4.66. The maximum absolute atomic E-state index is 12.7. The van der Waals surface area contributed by atoms with Crippen LogP contribution in [-0.4, -0.2) is 35.4 Å². The molecule has 0 saturated carbocycles. The normalized spacial score (nSPS) is 11.3. The van der Waals surface area contributed by atoms with Crippen LogP contribution in [0.5, 0.6) is 0 Å². The Kier molecular flexibility index (Phi) is 5.43. The van der Waals surface area contributed by atoms with E-state index in [1.807, 2.05) is 20.8 Å². The Hall–Kier alpha value is -1.95. The van der Waals surface area contributed by atoms with Gasteiger partial charge in [-0.1, -0.05) is 26.0 Å². The molecule has 0 aliphatic heterocycles. The number of amides is 1. The third-order valence-electron chi connectivity index (χ3n) is 3.50. The van der Waals surface area contributed by atoms with E-state index in [4.69, 9.17) is 5.73 Å². The van der Waals surface area contributed by atoms with Crippen LogP contribution in [-0.2, 0) is 0 Å². The van der Waals surface area contributed by atoms with E-state index in [9.17, 15) is 14.9 Å². The molecule has 1 rings (SSSR count). The zero-order valence-corrected chi connectivity index (χ0v) is 13.0. The summed E-state index contributed by atoms with van der Waals surface area (Å²) in [5.41, 5.74) is 6.10. The molecule has 0 radical (unpaired) electrons. The molecule has 0 bridgehead atoms. The molecular weight excluding hydrogens is 270 g/mol. The van der Waals surface area contributed by atoms with Crippen molar-refractivity contribution in [3.05, 3.63) is 39.4 Å². The van der Waals surface area contributed by atoms with E-state index in [0.717, 1.165) is 0 Å². The third kappa shape index (κ3) is 4.01. The Labute approximate surface area is 125 Å². The molecule has 0 aliphatic rings. The van der Waals surface area contributed by atoms with Crippen molar-refractivity contribution < 1.29 is 9.72 Å². The average Bonchev–Trinajstić information content (AvgIpc) is 2.43. The summed E-state index contributed by atoms with van der Waals surface area (Å²) < 4.78 is 0. The predicted molar refractivity (Wildman–Crippen MR) is 82.2 cm³/mol. The SMILES string of the molecule is CCN(CC(C)(C)CN)C(=O)c1c(C)cccc1[N+](=O)[O-]. The van der Waals surface area contributed by atoms with Gasteiger partial charge in [0.05, 0.1) is 4.92 Å². The first-order valence-corrected chi connectivity index (χ1v) is 6.97. The van der Waals surface area contributed by atoms with Gasteiger partial charge >= 0.3 is 0 Å². The van der Waals surface area contributed by atoms with Crippen LogP contribution in [0, 0.1) is 22.5 Å². The number of carbonyl (C=O) groups excluding carboxylic acids is 1. The van der Waals surface area contributed by atoms with Crippen molar-refractivity contribution in [1.82, 2.24) is 4.90 Å². The predicted octanol–water partition coefficient (Wildman–Crippen LogP) is 2.35. The quantitative estimate of drug-likeness (QED) is 0.644. The van der Waals surface area contributed by atoms with E-state index in [1.165, 1.54) is 6.07 Å². The van der Waals surface area contributed by atoms with E-state index >= 15 is 0 Å². The first kappa shape index (κ1) is 17.1. The molecule has 21 heavy (non-hydrogen) atoms. The van der Waals surface area contributed by atoms with Crippen molar-refractivity contribution in [2.24, 2.45) is 11.1 Å². The molecule has 6 heteroatoms. The molecule has 0 aromatic heterocycles. The molecule has 0 unspecified atom stereocenters. The van der Waals surface area contributed by atoms with E-state index in [1.54, 1.807) is 24.0 Å². The topological polar surface area (TPSA) is 89.5 Å². The van der Waals surface area contributed by atoms with Gasteiger partial charge in [-0.05, 0) is 31.4 Å². The first-order valence-electron chi connectivity index (χ1n) is 6.97. The van der Waals surface area contributed by atoms with E-state index in [2.05, 4.69) is 0 Å². The number of carbonyl (C=O) groups is 1. The second-order valence-corrected chi connectivity index (χ2v) is 5.91. The molecular formula is C15H23N3O3.